The Morgan fingerprint density at radius 2 is 1.77 bits per heavy atom. The maximum atomic E-state index is 11.7. The van der Waals surface area contributed by atoms with Crippen molar-refractivity contribution < 1.29 is 14.3 Å². The van der Waals surface area contributed by atoms with Crippen molar-refractivity contribution in [2.24, 2.45) is 0 Å². The number of carbonyl (C=O) groups is 1. The van der Waals surface area contributed by atoms with Crippen molar-refractivity contribution in [2.75, 3.05) is 0 Å². The average molecular weight is 307 g/mol. The zero-order valence-electron chi connectivity index (χ0n) is 14.9. The Bertz CT molecular complexity index is 495. The predicted octanol–water partition coefficient (Wildman–Crippen LogP) is 4.51. The molecule has 22 heavy (non-hydrogen) atoms. The monoisotopic (exact) mass is 307 g/mol. The minimum absolute atomic E-state index is 0.197. The molecule has 0 heterocycles. The zero-order valence-corrected chi connectivity index (χ0v) is 14.9. The molecule has 0 unspecified atom stereocenters. The van der Waals surface area contributed by atoms with E-state index in [1.54, 1.807) is 0 Å². The Morgan fingerprint density at radius 3 is 2.23 bits per heavy atom. The molecule has 4 heteroatoms. The van der Waals surface area contributed by atoms with Gasteiger partial charge in [-0.05, 0) is 64.7 Å². The van der Waals surface area contributed by atoms with Crippen LogP contribution in [0.4, 0.5) is 4.79 Å². The molecule has 4 nitrogen and oxygen atoms in total. The molecule has 1 atom stereocenters. The van der Waals surface area contributed by atoms with Gasteiger partial charge in [-0.25, -0.2) is 4.79 Å². The number of alkyl carbamates (subject to hydrolysis) is 1. The van der Waals surface area contributed by atoms with E-state index in [1.165, 1.54) is 0 Å². The largest absolute Gasteiger partial charge is 0.490 e. The van der Waals surface area contributed by atoms with Crippen LogP contribution in [0.5, 0.6) is 5.75 Å². The third kappa shape index (κ3) is 5.96. The highest BCUT2D eigenvalue weighted by molar-refractivity contribution is 5.67. The van der Waals surface area contributed by atoms with Crippen LogP contribution >= 0.6 is 0 Å². The van der Waals surface area contributed by atoms with Crippen LogP contribution in [0, 0.1) is 13.8 Å². The molecule has 0 spiro atoms. The van der Waals surface area contributed by atoms with Gasteiger partial charge in [0.25, 0.3) is 0 Å². The summed E-state index contributed by atoms with van der Waals surface area (Å²) >= 11 is 0. The fourth-order valence-electron chi connectivity index (χ4n) is 2.10. The van der Waals surface area contributed by atoms with E-state index in [1.807, 2.05) is 46.8 Å². The van der Waals surface area contributed by atoms with Crippen molar-refractivity contribution >= 4 is 6.09 Å². The normalized spacial score (nSPS) is 12.7. The average Bonchev–Trinajstić information content (AvgIpc) is 2.38. The molecule has 0 aromatic heterocycles. The van der Waals surface area contributed by atoms with Gasteiger partial charge in [-0.1, -0.05) is 19.1 Å². The van der Waals surface area contributed by atoms with Crippen molar-refractivity contribution in [1.29, 1.82) is 0 Å². The molecule has 0 aliphatic heterocycles. The lowest BCUT2D eigenvalue weighted by molar-refractivity contribution is 0.0523. The lowest BCUT2D eigenvalue weighted by Crippen LogP contribution is -2.32. The summed E-state index contributed by atoms with van der Waals surface area (Å²) in [5, 5.41) is 2.78. The summed E-state index contributed by atoms with van der Waals surface area (Å²) in [5.41, 5.74) is 2.73. The molecule has 1 N–H and O–H groups in total. The molecule has 0 aliphatic carbocycles. The molecule has 1 rings (SSSR count). The Morgan fingerprint density at radius 1 is 1.23 bits per heavy atom. The molecule has 124 valence electrons. The SMILES string of the molecule is CC[C@H](C)Oc1c(C)cc(CNC(=O)OC(C)(C)C)cc1C. The second-order valence-electron chi connectivity index (χ2n) is 6.75. The van der Waals surface area contributed by atoms with Gasteiger partial charge >= 0.3 is 6.09 Å². The van der Waals surface area contributed by atoms with Gasteiger partial charge in [-0.15, -0.1) is 0 Å². The summed E-state index contributed by atoms with van der Waals surface area (Å²) < 4.78 is 11.2. The molecule has 0 saturated heterocycles. The Labute approximate surface area is 134 Å². The Balaban J connectivity index is 2.72. The molecule has 0 bridgehead atoms. The second-order valence-corrected chi connectivity index (χ2v) is 6.75. The van der Waals surface area contributed by atoms with Gasteiger partial charge in [-0.2, -0.15) is 0 Å². The van der Waals surface area contributed by atoms with E-state index in [0.29, 0.717) is 6.54 Å². The maximum Gasteiger partial charge on any atom is 0.407 e. The Hall–Kier alpha value is -1.71. The number of aryl methyl sites for hydroxylation is 2. The number of nitrogens with one attached hydrogen (secondary N) is 1. The molecular weight excluding hydrogens is 278 g/mol. The minimum Gasteiger partial charge on any atom is -0.490 e. The van der Waals surface area contributed by atoms with Crippen molar-refractivity contribution in [3.63, 3.8) is 0 Å². The highest BCUT2D eigenvalue weighted by Gasteiger charge is 2.16. The maximum absolute atomic E-state index is 11.7. The summed E-state index contributed by atoms with van der Waals surface area (Å²) in [4.78, 5) is 11.7. The van der Waals surface area contributed by atoms with Gasteiger partial charge in [0.05, 0.1) is 6.10 Å². The first kappa shape index (κ1) is 18.3. The predicted molar refractivity (Wildman–Crippen MR) is 89.4 cm³/mol. The van der Waals surface area contributed by atoms with Crippen molar-refractivity contribution in [2.45, 2.75) is 73.1 Å². The Kier molecular flexibility index (Phi) is 6.27. The van der Waals surface area contributed by atoms with Gasteiger partial charge in [0, 0.05) is 6.54 Å². The summed E-state index contributed by atoms with van der Waals surface area (Å²) in [7, 11) is 0. The lowest BCUT2D eigenvalue weighted by Gasteiger charge is -2.20. The third-order valence-corrected chi connectivity index (χ3v) is 3.25. The highest BCUT2D eigenvalue weighted by atomic mass is 16.6. The first-order valence-corrected chi connectivity index (χ1v) is 7.86. The van der Waals surface area contributed by atoms with E-state index < -0.39 is 11.7 Å². The zero-order chi connectivity index (χ0) is 16.9. The van der Waals surface area contributed by atoms with Crippen LogP contribution in [-0.2, 0) is 11.3 Å². The van der Waals surface area contributed by atoms with E-state index in [2.05, 4.69) is 19.2 Å². The number of carbonyl (C=O) groups excluding carboxylic acids is 1. The molecule has 0 aliphatic rings. The van der Waals surface area contributed by atoms with Gasteiger partial charge in [0.2, 0.25) is 0 Å². The van der Waals surface area contributed by atoms with Crippen LogP contribution in [0.1, 0.15) is 57.7 Å². The van der Waals surface area contributed by atoms with Gasteiger partial charge in [0.1, 0.15) is 11.4 Å². The first-order valence-electron chi connectivity index (χ1n) is 7.86. The molecular formula is C18H29NO3. The van der Waals surface area contributed by atoms with Crippen LogP contribution in [0.2, 0.25) is 0 Å². The standard InChI is InChI=1S/C18H29NO3/c1-8-14(4)21-16-12(2)9-15(10-13(16)3)11-19-17(20)22-18(5,6)7/h9-10,14H,8,11H2,1-7H3,(H,19,20)/t14-/m0/s1. The number of hydrogen-bond acceptors (Lipinski definition) is 3. The highest BCUT2D eigenvalue weighted by Crippen LogP contribution is 2.26. The molecule has 0 radical (unpaired) electrons. The molecule has 1 amide bonds. The molecule has 1 aromatic rings. The second kappa shape index (κ2) is 7.52. The molecule has 1 aromatic carbocycles. The van der Waals surface area contributed by atoms with Crippen molar-refractivity contribution in [3.8, 4) is 5.75 Å². The van der Waals surface area contributed by atoms with Gasteiger partial charge in [0.15, 0.2) is 0 Å². The number of hydrogen-bond donors (Lipinski definition) is 1. The summed E-state index contributed by atoms with van der Waals surface area (Å²) in [6, 6.07) is 4.09. The topological polar surface area (TPSA) is 47.6 Å². The number of benzene rings is 1. The third-order valence-electron chi connectivity index (χ3n) is 3.25. The van der Waals surface area contributed by atoms with E-state index in [4.69, 9.17) is 9.47 Å². The van der Waals surface area contributed by atoms with E-state index in [9.17, 15) is 4.79 Å². The van der Waals surface area contributed by atoms with Crippen molar-refractivity contribution in [3.05, 3.63) is 28.8 Å². The fourth-order valence-corrected chi connectivity index (χ4v) is 2.10. The number of ether oxygens (including phenoxy) is 2. The summed E-state index contributed by atoms with van der Waals surface area (Å²) in [5.74, 6) is 0.940. The van der Waals surface area contributed by atoms with Gasteiger partial charge in [-0.3, -0.25) is 0 Å². The minimum atomic E-state index is -0.482. The van der Waals surface area contributed by atoms with E-state index in [0.717, 1.165) is 28.9 Å². The lowest BCUT2D eigenvalue weighted by atomic mass is 10.1. The number of amides is 1. The quantitative estimate of drug-likeness (QED) is 0.871. The van der Waals surface area contributed by atoms with Crippen LogP contribution < -0.4 is 10.1 Å². The van der Waals surface area contributed by atoms with E-state index >= 15 is 0 Å². The number of rotatable bonds is 5. The van der Waals surface area contributed by atoms with Crippen molar-refractivity contribution in [1.82, 2.24) is 5.32 Å². The first-order chi connectivity index (χ1) is 10.1. The smallest absolute Gasteiger partial charge is 0.407 e. The van der Waals surface area contributed by atoms with Crippen LogP contribution in [0.25, 0.3) is 0 Å². The summed E-state index contributed by atoms with van der Waals surface area (Å²) in [6.07, 6.45) is 0.770. The van der Waals surface area contributed by atoms with Crippen LogP contribution in [0.3, 0.4) is 0 Å². The summed E-state index contributed by atoms with van der Waals surface area (Å²) in [6.45, 7) is 14.2. The fraction of sp³-hybridized carbons (Fsp3) is 0.611. The van der Waals surface area contributed by atoms with Gasteiger partial charge < -0.3 is 14.8 Å². The van der Waals surface area contributed by atoms with Crippen LogP contribution in [-0.4, -0.2) is 17.8 Å². The van der Waals surface area contributed by atoms with E-state index in [-0.39, 0.29) is 6.10 Å². The molecule has 0 fully saturated rings. The molecule has 0 saturated carbocycles. The van der Waals surface area contributed by atoms with Crippen LogP contribution in [0.15, 0.2) is 12.1 Å².